The predicted octanol–water partition coefficient (Wildman–Crippen LogP) is 1.73. The minimum atomic E-state index is -1.19. The Morgan fingerprint density at radius 3 is 2.55 bits per heavy atom. The summed E-state index contributed by atoms with van der Waals surface area (Å²) in [5.41, 5.74) is 1.01. The first-order chi connectivity index (χ1) is 9.63. The highest BCUT2D eigenvalue weighted by Crippen LogP contribution is 2.30. The normalized spacial score (nSPS) is 11.7. The van der Waals surface area contributed by atoms with Crippen LogP contribution in [0, 0.1) is 11.3 Å². The van der Waals surface area contributed by atoms with Gasteiger partial charge in [0.2, 0.25) is 0 Å². The molecule has 0 spiro atoms. The summed E-state index contributed by atoms with van der Waals surface area (Å²) in [6.07, 6.45) is 0. The number of hydrogen-bond donors (Lipinski definition) is 1. The van der Waals surface area contributed by atoms with Crippen molar-refractivity contribution in [2.75, 3.05) is 14.2 Å². The molecule has 2 rings (SSSR count). The Morgan fingerprint density at radius 2 is 1.95 bits per heavy atom. The molecule has 6 heteroatoms. The summed E-state index contributed by atoms with van der Waals surface area (Å²) >= 11 is 0. The van der Waals surface area contributed by atoms with Gasteiger partial charge in [-0.05, 0) is 6.07 Å². The van der Waals surface area contributed by atoms with Crippen LogP contribution in [-0.2, 0) is 14.3 Å². The number of fused-ring (bicyclic) bond motifs is 1. The monoisotopic (exact) mass is 272 g/mol. The number of ether oxygens (including phenoxy) is 2. The van der Waals surface area contributed by atoms with Gasteiger partial charge in [0.1, 0.15) is 5.69 Å². The van der Waals surface area contributed by atoms with E-state index in [1.807, 2.05) is 6.07 Å². The number of carbonyl (C=O) groups excluding carboxylic acids is 2. The highest BCUT2D eigenvalue weighted by molar-refractivity contribution is 6.02. The van der Waals surface area contributed by atoms with Crippen LogP contribution in [0.15, 0.2) is 24.3 Å². The van der Waals surface area contributed by atoms with Gasteiger partial charge in [-0.1, -0.05) is 18.2 Å². The second-order valence-electron chi connectivity index (χ2n) is 4.04. The van der Waals surface area contributed by atoms with Gasteiger partial charge in [0.05, 0.1) is 20.3 Å². The number of esters is 2. The summed E-state index contributed by atoms with van der Waals surface area (Å²) in [6, 6.07) is 8.87. The van der Waals surface area contributed by atoms with E-state index in [2.05, 4.69) is 14.5 Å². The van der Waals surface area contributed by atoms with Crippen molar-refractivity contribution in [3.63, 3.8) is 0 Å². The zero-order valence-corrected chi connectivity index (χ0v) is 11.0. The second kappa shape index (κ2) is 5.45. The lowest BCUT2D eigenvalue weighted by atomic mass is 9.97. The van der Waals surface area contributed by atoms with Gasteiger partial charge in [-0.25, -0.2) is 4.79 Å². The fraction of sp³-hybridized carbons (Fsp3) is 0.214. The van der Waals surface area contributed by atoms with Crippen LogP contribution in [0.25, 0.3) is 10.9 Å². The van der Waals surface area contributed by atoms with Crippen molar-refractivity contribution in [3.8, 4) is 6.07 Å². The lowest BCUT2D eigenvalue weighted by molar-refractivity contribution is -0.140. The molecule has 0 saturated heterocycles. The van der Waals surface area contributed by atoms with Gasteiger partial charge in [0.25, 0.3) is 0 Å². The first kappa shape index (κ1) is 13.6. The maximum absolute atomic E-state index is 11.8. The Hall–Kier alpha value is -2.81. The van der Waals surface area contributed by atoms with Crippen LogP contribution in [0.4, 0.5) is 0 Å². The van der Waals surface area contributed by atoms with Crippen molar-refractivity contribution in [2.45, 2.75) is 5.92 Å². The van der Waals surface area contributed by atoms with E-state index in [1.165, 1.54) is 14.2 Å². The number of rotatable bonds is 3. The molecule has 1 aromatic carbocycles. The van der Waals surface area contributed by atoms with Gasteiger partial charge in [-0.15, -0.1) is 0 Å². The van der Waals surface area contributed by atoms with Crippen molar-refractivity contribution in [3.05, 3.63) is 35.5 Å². The summed E-state index contributed by atoms with van der Waals surface area (Å²) in [5, 5.41) is 9.84. The number of hydrogen-bond acceptors (Lipinski definition) is 5. The third-order valence-corrected chi connectivity index (χ3v) is 2.99. The van der Waals surface area contributed by atoms with Crippen LogP contribution in [0.2, 0.25) is 0 Å². The molecule has 1 N–H and O–H groups in total. The molecule has 20 heavy (non-hydrogen) atoms. The molecule has 0 bridgehead atoms. The summed E-state index contributed by atoms with van der Waals surface area (Å²) < 4.78 is 9.30. The Morgan fingerprint density at radius 1 is 1.25 bits per heavy atom. The molecule has 0 aliphatic heterocycles. The summed E-state index contributed by atoms with van der Waals surface area (Å²) in [5.74, 6) is -2.55. The summed E-state index contributed by atoms with van der Waals surface area (Å²) in [6.45, 7) is 0. The smallest absolute Gasteiger partial charge is 0.354 e. The van der Waals surface area contributed by atoms with Crippen LogP contribution >= 0.6 is 0 Å². The molecule has 102 valence electrons. The van der Waals surface area contributed by atoms with E-state index in [0.717, 1.165) is 0 Å². The third kappa shape index (κ3) is 2.10. The first-order valence-corrected chi connectivity index (χ1v) is 5.80. The summed E-state index contributed by atoms with van der Waals surface area (Å²) in [4.78, 5) is 26.4. The number of benzene rings is 1. The first-order valence-electron chi connectivity index (χ1n) is 5.80. The quantitative estimate of drug-likeness (QED) is 0.859. The largest absolute Gasteiger partial charge is 0.468 e. The number of nitrogens with zero attached hydrogens (tertiary/aromatic N) is 1. The van der Waals surface area contributed by atoms with Gasteiger partial charge < -0.3 is 14.5 Å². The van der Waals surface area contributed by atoms with Gasteiger partial charge in [-0.2, -0.15) is 5.26 Å². The summed E-state index contributed by atoms with van der Waals surface area (Å²) in [7, 11) is 2.43. The molecule has 0 saturated carbocycles. The number of aromatic nitrogens is 1. The number of methoxy groups -OCH3 is 2. The van der Waals surface area contributed by atoms with Crippen LogP contribution in [0.3, 0.4) is 0 Å². The molecule has 0 aliphatic carbocycles. The number of nitrogens with one attached hydrogen (secondary N) is 1. The molecule has 0 fully saturated rings. The van der Waals surface area contributed by atoms with Crippen molar-refractivity contribution in [2.24, 2.45) is 0 Å². The average molecular weight is 272 g/mol. The van der Waals surface area contributed by atoms with Crippen LogP contribution in [0.1, 0.15) is 22.0 Å². The van der Waals surface area contributed by atoms with E-state index >= 15 is 0 Å². The molecule has 1 aromatic heterocycles. The van der Waals surface area contributed by atoms with Crippen molar-refractivity contribution < 1.29 is 19.1 Å². The van der Waals surface area contributed by atoms with E-state index in [1.54, 1.807) is 24.3 Å². The third-order valence-electron chi connectivity index (χ3n) is 2.99. The minimum Gasteiger partial charge on any atom is -0.468 e. The molecule has 0 radical (unpaired) electrons. The number of para-hydroxylation sites is 1. The number of aromatic amines is 1. The highest BCUT2D eigenvalue weighted by Gasteiger charge is 2.30. The maximum atomic E-state index is 11.8. The standard InChI is InChI=1S/C14H12N2O4/c1-19-13(17)9(7-15)11-8-5-3-4-6-10(8)16-12(11)14(18)20-2/h3-6,9,16H,1-2H3. The average Bonchev–Trinajstić information content (AvgIpc) is 2.86. The minimum absolute atomic E-state index is 0.0886. The molecular formula is C14H12N2O4. The molecule has 2 aromatic rings. The van der Waals surface area contributed by atoms with Gasteiger partial charge in [-0.3, -0.25) is 4.79 Å². The lowest BCUT2D eigenvalue weighted by Crippen LogP contribution is -2.16. The van der Waals surface area contributed by atoms with Crippen LogP contribution < -0.4 is 0 Å². The Bertz CT molecular complexity index is 712. The van der Waals surface area contributed by atoms with Crippen LogP contribution in [0.5, 0.6) is 0 Å². The van der Waals surface area contributed by atoms with Crippen molar-refractivity contribution in [1.82, 2.24) is 4.98 Å². The predicted molar refractivity (Wildman–Crippen MR) is 70.0 cm³/mol. The fourth-order valence-electron chi connectivity index (χ4n) is 2.08. The van der Waals surface area contributed by atoms with E-state index in [9.17, 15) is 14.9 Å². The second-order valence-corrected chi connectivity index (χ2v) is 4.04. The topological polar surface area (TPSA) is 92.2 Å². The lowest BCUT2D eigenvalue weighted by Gasteiger charge is -2.08. The zero-order valence-electron chi connectivity index (χ0n) is 11.0. The fourth-order valence-corrected chi connectivity index (χ4v) is 2.08. The molecule has 1 heterocycles. The highest BCUT2D eigenvalue weighted by atomic mass is 16.5. The van der Waals surface area contributed by atoms with Crippen molar-refractivity contribution >= 4 is 22.8 Å². The molecular weight excluding hydrogens is 260 g/mol. The molecule has 1 atom stereocenters. The van der Waals surface area contributed by atoms with E-state index in [-0.39, 0.29) is 11.3 Å². The number of carbonyl (C=O) groups is 2. The Balaban J connectivity index is 2.74. The van der Waals surface area contributed by atoms with E-state index in [4.69, 9.17) is 0 Å². The van der Waals surface area contributed by atoms with Gasteiger partial charge in [0.15, 0.2) is 5.92 Å². The number of nitriles is 1. The molecule has 0 aliphatic rings. The molecule has 6 nitrogen and oxygen atoms in total. The van der Waals surface area contributed by atoms with Gasteiger partial charge in [0, 0.05) is 16.5 Å². The molecule has 1 unspecified atom stereocenters. The van der Waals surface area contributed by atoms with Gasteiger partial charge >= 0.3 is 11.9 Å². The molecule has 0 amide bonds. The SMILES string of the molecule is COC(=O)c1[nH]c2ccccc2c1C(C#N)C(=O)OC. The van der Waals surface area contributed by atoms with Crippen LogP contribution in [-0.4, -0.2) is 31.1 Å². The van der Waals surface area contributed by atoms with Crippen molar-refractivity contribution in [1.29, 1.82) is 5.26 Å². The maximum Gasteiger partial charge on any atom is 0.354 e. The number of H-pyrrole nitrogens is 1. The van der Waals surface area contributed by atoms with E-state index < -0.39 is 17.9 Å². The van der Waals surface area contributed by atoms with E-state index in [0.29, 0.717) is 10.9 Å². The Labute approximate surface area is 114 Å². The Kier molecular flexibility index (Phi) is 3.71. The zero-order chi connectivity index (χ0) is 14.7.